The molecule has 0 fully saturated rings. The number of benzene rings is 1. The molecule has 0 radical (unpaired) electrons. The summed E-state index contributed by atoms with van der Waals surface area (Å²) in [6.45, 7) is 0. The number of hydrogen-bond donors (Lipinski definition) is 3. The minimum atomic E-state index is -1.12. The van der Waals surface area contributed by atoms with Gasteiger partial charge >= 0.3 is 12.0 Å². The fraction of sp³-hybridized carbons (Fsp3) is 0.0714. The molecule has 108 valence electrons. The second-order valence-corrected chi connectivity index (χ2v) is 4.04. The monoisotopic (exact) mass is 287 g/mol. The van der Waals surface area contributed by atoms with Crippen LogP contribution in [0.4, 0.5) is 16.2 Å². The quantitative estimate of drug-likeness (QED) is 0.801. The van der Waals surface area contributed by atoms with E-state index in [9.17, 15) is 9.59 Å². The highest BCUT2D eigenvalue weighted by atomic mass is 16.5. The number of ether oxygens (including phenoxy) is 1. The Balaban J connectivity index is 1.95. The molecule has 0 bridgehead atoms. The van der Waals surface area contributed by atoms with E-state index in [4.69, 9.17) is 9.84 Å². The van der Waals surface area contributed by atoms with E-state index in [1.807, 2.05) is 0 Å². The molecule has 7 nitrogen and oxygen atoms in total. The van der Waals surface area contributed by atoms with Crippen LogP contribution in [0.25, 0.3) is 0 Å². The Morgan fingerprint density at radius 2 is 1.67 bits per heavy atom. The van der Waals surface area contributed by atoms with Crippen molar-refractivity contribution in [2.75, 3.05) is 17.7 Å². The molecule has 2 amide bonds. The number of pyridine rings is 1. The number of anilines is 2. The summed E-state index contributed by atoms with van der Waals surface area (Å²) in [7, 11) is 1.56. The number of amides is 2. The minimum Gasteiger partial charge on any atom is -0.497 e. The SMILES string of the molecule is COc1ccc(NC(=O)Nc2ccc(C(=O)O)nc2)cc1. The largest absolute Gasteiger partial charge is 0.497 e. The molecule has 0 aliphatic carbocycles. The van der Waals surface area contributed by atoms with Gasteiger partial charge in [-0.15, -0.1) is 0 Å². The molecule has 0 unspecified atom stereocenters. The number of hydrogen-bond acceptors (Lipinski definition) is 4. The second kappa shape index (κ2) is 6.38. The normalized spacial score (nSPS) is 9.76. The lowest BCUT2D eigenvalue weighted by molar-refractivity contribution is 0.0690. The zero-order valence-electron chi connectivity index (χ0n) is 11.2. The maximum absolute atomic E-state index is 11.8. The highest BCUT2D eigenvalue weighted by Crippen LogP contribution is 2.15. The summed E-state index contributed by atoms with van der Waals surface area (Å²) in [5.41, 5.74) is 0.908. The molecule has 7 heteroatoms. The standard InChI is InChI=1S/C14H13N3O4/c1-21-11-5-2-9(3-6-11)16-14(20)17-10-4-7-12(13(18)19)15-8-10/h2-8H,1H3,(H,18,19)(H2,16,17,20). The third-order valence-corrected chi connectivity index (χ3v) is 2.59. The number of carbonyl (C=O) groups excluding carboxylic acids is 1. The van der Waals surface area contributed by atoms with Crippen molar-refractivity contribution < 1.29 is 19.4 Å². The Morgan fingerprint density at radius 3 is 2.19 bits per heavy atom. The number of aromatic carboxylic acids is 1. The summed E-state index contributed by atoms with van der Waals surface area (Å²) in [6.07, 6.45) is 1.27. The van der Waals surface area contributed by atoms with Gasteiger partial charge in [-0.25, -0.2) is 14.6 Å². The van der Waals surface area contributed by atoms with Crippen LogP contribution in [0.1, 0.15) is 10.5 Å². The number of carboxylic acid groups (broad SMARTS) is 1. The molecule has 2 aromatic rings. The molecule has 1 heterocycles. The van der Waals surface area contributed by atoms with Crippen molar-refractivity contribution in [1.29, 1.82) is 0 Å². The van der Waals surface area contributed by atoms with Crippen molar-refractivity contribution >= 4 is 23.4 Å². The maximum atomic E-state index is 11.8. The Bertz CT molecular complexity index is 638. The first-order valence-corrected chi connectivity index (χ1v) is 6.00. The van der Waals surface area contributed by atoms with Crippen LogP contribution >= 0.6 is 0 Å². The van der Waals surface area contributed by atoms with Gasteiger partial charge in [0.2, 0.25) is 0 Å². The molecule has 0 saturated heterocycles. The maximum Gasteiger partial charge on any atom is 0.354 e. The van der Waals surface area contributed by atoms with Crippen molar-refractivity contribution in [2.45, 2.75) is 0 Å². The average molecular weight is 287 g/mol. The molecule has 0 atom stereocenters. The third kappa shape index (κ3) is 3.93. The van der Waals surface area contributed by atoms with Gasteiger partial charge in [0, 0.05) is 5.69 Å². The number of nitrogens with zero attached hydrogens (tertiary/aromatic N) is 1. The number of rotatable bonds is 4. The fourth-order valence-corrected chi connectivity index (χ4v) is 1.56. The molecule has 21 heavy (non-hydrogen) atoms. The zero-order chi connectivity index (χ0) is 15.2. The number of methoxy groups -OCH3 is 1. The summed E-state index contributed by atoms with van der Waals surface area (Å²) < 4.78 is 5.02. The molecular weight excluding hydrogens is 274 g/mol. The highest BCUT2D eigenvalue weighted by Gasteiger charge is 2.06. The van der Waals surface area contributed by atoms with Crippen molar-refractivity contribution in [3.8, 4) is 5.75 Å². The Labute approximate surface area is 120 Å². The van der Waals surface area contributed by atoms with E-state index in [0.29, 0.717) is 17.1 Å². The molecule has 1 aromatic carbocycles. The van der Waals surface area contributed by atoms with Gasteiger partial charge in [0.25, 0.3) is 0 Å². The summed E-state index contributed by atoms with van der Waals surface area (Å²) in [5, 5.41) is 13.9. The first kappa shape index (κ1) is 14.3. The van der Waals surface area contributed by atoms with Gasteiger partial charge in [0.05, 0.1) is 19.0 Å². The van der Waals surface area contributed by atoms with Crippen LogP contribution in [0.5, 0.6) is 5.75 Å². The average Bonchev–Trinajstić information content (AvgIpc) is 2.48. The van der Waals surface area contributed by atoms with E-state index in [2.05, 4.69) is 15.6 Å². The van der Waals surface area contributed by atoms with E-state index < -0.39 is 12.0 Å². The molecule has 0 spiro atoms. The van der Waals surface area contributed by atoms with Crippen LogP contribution in [-0.4, -0.2) is 29.2 Å². The van der Waals surface area contributed by atoms with Gasteiger partial charge in [-0.05, 0) is 36.4 Å². The highest BCUT2D eigenvalue weighted by molar-refractivity contribution is 5.99. The lowest BCUT2D eigenvalue weighted by Crippen LogP contribution is -2.19. The lowest BCUT2D eigenvalue weighted by atomic mass is 10.3. The van der Waals surface area contributed by atoms with Crippen molar-refractivity contribution in [3.05, 3.63) is 48.3 Å². The zero-order valence-corrected chi connectivity index (χ0v) is 11.2. The van der Waals surface area contributed by atoms with E-state index in [-0.39, 0.29) is 5.69 Å². The minimum absolute atomic E-state index is 0.0869. The summed E-state index contributed by atoms with van der Waals surface area (Å²) in [6, 6.07) is 9.16. The molecule has 0 aliphatic rings. The summed E-state index contributed by atoms with van der Waals surface area (Å²) in [4.78, 5) is 26.1. The van der Waals surface area contributed by atoms with E-state index in [1.54, 1.807) is 31.4 Å². The Hall–Kier alpha value is -3.09. The third-order valence-electron chi connectivity index (χ3n) is 2.59. The number of aromatic nitrogens is 1. The van der Waals surface area contributed by atoms with Gasteiger partial charge < -0.3 is 20.5 Å². The number of urea groups is 1. The predicted octanol–water partition coefficient (Wildman–Crippen LogP) is 2.43. The van der Waals surface area contributed by atoms with Crippen LogP contribution in [0.15, 0.2) is 42.6 Å². The molecule has 3 N–H and O–H groups in total. The number of nitrogens with one attached hydrogen (secondary N) is 2. The molecule has 1 aromatic heterocycles. The van der Waals surface area contributed by atoms with Crippen LogP contribution in [0.2, 0.25) is 0 Å². The van der Waals surface area contributed by atoms with Gasteiger partial charge in [-0.1, -0.05) is 0 Å². The van der Waals surface area contributed by atoms with Crippen molar-refractivity contribution in [1.82, 2.24) is 4.98 Å². The van der Waals surface area contributed by atoms with Crippen LogP contribution in [0, 0.1) is 0 Å². The Morgan fingerprint density at radius 1 is 1.05 bits per heavy atom. The smallest absolute Gasteiger partial charge is 0.354 e. The topological polar surface area (TPSA) is 101 Å². The van der Waals surface area contributed by atoms with Gasteiger partial charge in [0.15, 0.2) is 0 Å². The lowest BCUT2D eigenvalue weighted by Gasteiger charge is -2.08. The summed E-state index contributed by atoms with van der Waals surface area (Å²) >= 11 is 0. The van der Waals surface area contributed by atoms with Gasteiger partial charge in [-0.2, -0.15) is 0 Å². The second-order valence-electron chi connectivity index (χ2n) is 4.04. The molecule has 0 saturated carbocycles. The van der Waals surface area contributed by atoms with Gasteiger partial charge in [0.1, 0.15) is 11.4 Å². The van der Waals surface area contributed by atoms with Crippen LogP contribution in [-0.2, 0) is 0 Å². The van der Waals surface area contributed by atoms with Crippen LogP contribution in [0.3, 0.4) is 0 Å². The summed E-state index contributed by atoms with van der Waals surface area (Å²) in [5.74, 6) is -0.432. The van der Waals surface area contributed by atoms with E-state index >= 15 is 0 Å². The van der Waals surface area contributed by atoms with Crippen LogP contribution < -0.4 is 15.4 Å². The van der Waals surface area contributed by atoms with Crippen molar-refractivity contribution in [2.24, 2.45) is 0 Å². The van der Waals surface area contributed by atoms with Crippen molar-refractivity contribution in [3.63, 3.8) is 0 Å². The number of carbonyl (C=O) groups is 2. The fourth-order valence-electron chi connectivity index (χ4n) is 1.56. The number of carboxylic acids is 1. The molecule has 2 rings (SSSR count). The first-order chi connectivity index (χ1) is 10.1. The Kier molecular flexibility index (Phi) is 4.35. The molecular formula is C14H13N3O4. The van der Waals surface area contributed by atoms with E-state index in [0.717, 1.165) is 0 Å². The molecule has 0 aliphatic heterocycles. The van der Waals surface area contributed by atoms with E-state index in [1.165, 1.54) is 18.3 Å². The first-order valence-electron chi connectivity index (χ1n) is 6.00. The predicted molar refractivity (Wildman–Crippen MR) is 76.8 cm³/mol. The van der Waals surface area contributed by atoms with Gasteiger partial charge in [-0.3, -0.25) is 0 Å².